The van der Waals surface area contributed by atoms with Crippen LogP contribution < -0.4 is 19.5 Å². The van der Waals surface area contributed by atoms with Crippen molar-refractivity contribution in [1.82, 2.24) is 14.8 Å². The topological polar surface area (TPSA) is 87.5 Å². The molecule has 1 amide bonds. The maximum absolute atomic E-state index is 12.7. The number of rotatable bonds is 6. The number of methoxy groups -OCH3 is 2. The summed E-state index contributed by atoms with van der Waals surface area (Å²) in [6.45, 7) is 4.52. The molecule has 0 bridgehead atoms. The molecule has 9 heteroatoms. The van der Waals surface area contributed by atoms with Crippen LogP contribution in [0.1, 0.15) is 36.1 Å². The van der Waals surface area contributed by atoms with Gasteiger partial charge in [-0.05, 0) is 49.7 Å². The Kier molecular flexibility index (Phi) is 5.41. The number of amides is 1. The number of nitrogens with one attached hydrogen (secondary N) is 1. The molecule has 0 saturated carbocycles. The highest BCUT2D eigenvalue weighted by Crippen LogP contribution is 2.43. The molecule has 0 aliphatic carbocycles. The first-order valence-corrected chi connectivity index (χ1v) is 11.5. The van der Waals surface area contributed by atoms with Crippen LogP contribution >= 0.6 is 11.3 Å². The molecular weight excluding hydrogens is 440 g/mol. The number of hydrogen-bond acceptors (Lipinski definition) is 7. The predicted molar refractivity (Wildman–Crippen MR) is 127 cm³/mol. The van der Waals surface area contributed by atoms with Gasteiger partial charge in [-0.3, -0.25) is 4.79 Å². The van der Waals surface area contributed by atoms with Gasteiger partial charge in [-0.15, -0.1) is 0 Å². The first-order valence-electron chi connectivity index (χ1n) is 10.7. The highest BCUT2D eigenvalue weighted by atomic mass is 32.1. The van der Waals surface area contributed by atoms with Crippen molar-refractivity contribution in [3.8, 4) is 22.4 Å². The number of benzene rings is 2. The van der Waals surface area contributed by atoms with E-state index in [4.69, 9.17) is 24.3 Å². The van der Waals surface area contributed by atoms with Crippen molar-refractivity contribution in [3.05, 3.63) is 53.2 Å². The molecule has 1 atom stereocenters. The van der Waals surface area contributed by atoms with Gasteiger partial charge < -0.3 is 19.5 Å². The molecule has 0 fully saturated rings. The second-order valence-electron chi connectivity index (χ2n) is 7.74. The molecule has 170 valence electrons. The summed E-state index contributed by atoms with van der Waals surface area (Å²) in [4.78, 5) is 17.5. The lowest BCUT2D eigenvalue weighted by atomic mass is 9.85. The minimum absolute atomic E-state index is 0.0665. The summed E-state index contributed by atoms with van der Waals surface area (Å²) in [6, 6.07) is 11.6. The zero-order valence-corrected chi connectivity index (χ0v) is 19.7. The average molecular weight is 465 g/mol. The van der Waals surface area contributed by atoms with Crippen LogP contribution in [0, 0.1) is 6.92 Å². The molecule has 4 aromatic rings. The largest absolute Gasteiger partial charge is 0.494 e. The molecule has 8 nitrogen and oxygen atoms in total. The minimum atomic E-state index is -0.152. The van der Waals surface area contributed by atoms with Crippen molar-refractivity contribution in [2.75, 3.05) is 26.1 Å². The average Bonchev–Trinajstić information content (AvgIpc) is 3.38. The zero-order valence-electron chi connectivity index (χ0n) is 18.8. The quantitative estimate of drug-likeness (QED) is 0.446. The Balaban J connectivity index is 1.60. The molecular formula is C24H24N4O4S. The standard InChI is InChI=1S/C24H24N4O4S/c1-5-32-15-7-8-17-20(11-15)33-24(25-17)28-23-22(13(2)27-28)16(12-21(29)26-23)14-6-9-18(30-3)19(10-14)31-4/h6-11,16H,5,12H2,1-4H3,(H,26,29)/t16-/m1/s1. The van der Waals surface area contributed by atoms with E-state index >= 15 is 0 Å². The van der Waals surface area contributed by atoms with Crippen LogP contribution in [0.15, 0.2) is 36.4 Å². The molecule has 0 radical (unpaired) electrons. The van der Waals surface area contributed by atoms with Crippen molar-refractivity contribution < 1.29 is 19.0 Å². The van der Waals surface area contributed by atoms with Crippen molar-refractivity contribution in [3.63, 3.8) is 0 Å². The van der Waals surface area contributed by atoms with E-state index in [1.165, 1.54) is 11.3 Å². The van der Waals surface area contributed by atoms with E-state index in [-0.39, 0.29) is 11.8 Å². The summed E-state index contributed by atoms with van der Waals surface area (Å²) in [5.74, 6) is 2.52. The molecule has 2 aromatic heterocycles. The van der Waals surface area contributed by atoms with E-state index in [2.05, 4.69) is 5.32 Å². The Labute approximate surface area is 195 Å². The van der Waals surface area contributed by atoms with Gasteiger partial charge in [0, 0.05) is 17.9 Å². The third kappa shape index (κ3) is 3.68. The van der Waals surface area contributed by atoms with Crippen molar-refractivity contribution in [2.24, 2.45) is 0 Å². The molecule has 0 saturated heterocycles. The van der Waals surface area contributed by atoms with Crippen molar-refractivity contribution in [2.45, 2.75) is 26.2 Å². The van der Waals surface area contributed by atoms with Crippen LogP contribution in [-0.2, 0) is 4.79 Å². The number of ether oxygens (including phenoxy) is 3. The van der Waals surface area contributed by atoms with Gasteiger partial charge in [0.1, 0.15) is 11.6 Å². The molecule has 3 heterocycles. The Morgan fingerprint density at radius 3 is 2.73 bits per heavy atom. The summed E-state index contributed by atoms with van der Waals surface area (Å²) >= 11 is 1.51. The summed E-state index contributed by atoms with van der Waals surface area (Å²) in [5, 5.41) is 8.48. The summed E-state index contributed by atoms with van der Waals surface area (Å²) in [5.41, 5.74) is 3.66. The number of aryl methyl sites for hydroxylation is 1. The second-order valence-corrected chi connectivity index (χ2v) is 8.75. The number of carbonyl (C=O) groups is 1. The Morgan fingerprint density at radius 1 is 1.15 bits per heavy atom. The first kappa shape index (κ1) is 21.3. The van der Waals surface area contributed by atoms with Gasteiger partial charge >= 0.3 is 0 Å². The monoisotopic (exact) mass is 464 g/mol. The van der Waals surface area contributed by atoms with Gasteiger partial charge in [-0.2, -0.15) is 9.78 Å². The Morgan fingerprint density at radius 2 is 1.97 bits per heavy atom. The number of nitrogens with zero attached hydrogens (tertiary/aromatic N) is 3. The van der Waals surface area contributed by atoms with Crippen LogP contribution in [-0.4, -0.2) is 41.5 Å². The van der Waals surface area contributed by atoms with E-state index in [1.807, 2.05) is 50.2 Å². The van der Waals surface area contributed by atoms with Gasteiger partial charge in [-0.25, -0.2) is 4.98 Å². The fourth-order valence-electron chi connectivity index (χ4n) is 4.28. The number of carbonyl (C=O) groups excluding carboxylic acids is 1. The van der Waals surface area contributed by atoms with E-state index in [9.17, 15) is 4.79 Å². The van der Waals surface area contributed by atoms with Crippen molar-refractivity contribution >= 4 is 33.3 Å². The van der Waals surface area contributed by atoms with Crippen molar-refractivity contribution in [1.29, 1.82) is 0 Å². The van der Waals surface area contributed by atoms with E-state index in [0.29, 0.717) is 35.5 Å². The third-order valence-corrected chi connectivity index (χ3v) is 6.75. The van der Waals surface area contributed by atoms with Gasteiger partial charge in [0.2, 0.25) is 11.0 Å². The van der Waals surface area contributed by atoms with Gasteiger partial charge in [0.15, 0.2) is 11.5 Å². The second kappa shape index (κ2) is 8.40. The fourth-order valence-corrected chi connectivity index (χ4v) is 5.23. The number of aromatic nitrogens is 3. The normalized spacial score (nSPS) is 15.3. The molecule has 1 aliphatic heterocycles. The number of anilines is 1. The Hall–Kier alpha value is -3.59. The lowest BCUT2D eigenvalue weighted by Gasteiger charge is -2.24. The number of fused-ring (bicyclic) bond motifs is 2. The fraction of sp³-hybridized carbons (Fsp3) is 0.292. The molecule has 0 spiro atoms. The zero-order chi connectivity index (χ0) is 23.1. The number of hydrogen-bond donors (Lipinski definition) is 1. The molecule has 1 aliphatic rings. The molecule has 33 heavy (non-hydrogen) atoms. The summed E-state index contributed by atoms with van der Waals surface area (Å²) in [6.07, 6.45) is 0.326. The SMILES string of the molecule is CCOc1ccc2nc(-n3nc(C)c4c3NC(=O)C[C@@H]4c3ccc(OC)c(OC)c3)sc2c1. The molecule has 2 aromatic carbocycles. The minimum Gasteiger partial charge on any atom is -0.494 e. The highest BCUT2D eigenvalue weighted by Gasteiger charge is 2.33. The van der Waals surface area contributed by atoms with Crippen LogP contribution in [0.2, 0.25) is 0 Å². The molecule has 5 rings (SSSR count). The first-order chi connectivity index (χ1) is 16.0. The smallest absolute Gasteiger partial charge is 0.226 e. The van der Waals surface area contributed by atoms with E-state index in [0.717, 1.165) is 32.8 Å². The maximum Gasteiger partial charge on any atom is 0.226 e. The summed E-state index contributed by atoms with van der Waals surface area (Å²) < 4.78 is 19.2. The number of thiazole rings is 1. The van der Waals surface area contributed by atoms with E-state index in [1.54, 1.807) is 18.9 Å². The van der Waals surface area contributed by atoms with Gasteiger partial charge in [0.05, 0.1) is 36.7 Å². The van der Waals surface area contributed by atoms with Crippen LogP contribution in [0.25, 0.3) is 15.3 Å². The summed E-state index contributed by atoms with van der Waals surface area (Å²) in [7, 11) is 3.21. The lowest BCUT2D eigenvalue weighted by molar-refractivity contribution is -0.116. The molecule has 0 unspecified atom stereocenters. The van der Waals surface area contributed by atoms with Crippen LogP contribution in [0.3, 0.4) is 0 Å². The maximum atomic E-state index is 12.7. The molecule has 1 N–H and O–H groups in total. The van der Waals surface area contributed by atoms with Gasteiger partial charge in [-0.1, -0.05) is 17.4 Å². The van der Waals surface area contributed by atoms with E-state index < -0.39 is 0 Å². The van der Waals surface area contributed by atoms with Crippen LogP contribution in [0.4, 0.5) is 5.82 Å². The highest BCUT2D eigenvalue weighted by molar-refractivity contribution is 7.20. The predicted octanol–water partition coefficient (Wildman–Crippen LogP) is 4.68. The van der Waals surface area contributed by atoms with Crippen LogP contribution in [0.5, 0.6) is 17.2 Å². The third-order valence-electron chi connectivity index (χ3n) is 5.75. The lowest BCUT2D eigenvalue weighted by Crippen LogP contribution is -2.25. The van der Waals surface area contributed by atoms with Gasteiger partial charge in [0.25, 0.3) is 0 Å². The Bertz CT molecular complexity index is 1360.